The lowest BCUT2D eigenvalue weighted by molar-refractivity contribution is 0.171. The van der Waals surface area contributed by atoms with Gasteiger partial charge in [0.05, 0.1) is 13.2 Å². The fraction of sp³-hybridized carbons (Fsp3) is 0.625. The quantitative estimate of drug-likeness (QED) is 0.696. The van der Waals surface area contributed by atoms with Crippen LogP contribution in [0.3, 0.4) is 0 Å². The summed E-state index contributed by atoms with van der Waals surface area (Å²) in [5.74, 6) is 0. The molecule has 0 radical (unpaired) electrons. The molecule has 0 aromatic heterocycles. The van der Waals surface area contributed by atoms with Gasteiger partial charge in [-0.1, -0.05) is 28.9 Å². The van der Waals surface area contributed by atoms with E-state index >= 15 is 0 Å². The second-order valence-electron chi connectivity index (χ2n) is 5.04. The van der Waals surface area contributed by atoms with Gasteiger partial charge in [0.25, 0.3) is 0 Å². The third-order valence-electron chi connectivity index (χ3n) is 3.40. The van der Waals surface area contributed by atoms with Crippen LogP contribution in [0.4, 0.5) is 5.69 Å². The summed E-state index contributed by atoms with van der Waals surface area (Å²) in [6.45, 7) is 8.35. The minimum absolute atomic E-state index is 0.292. The van der Waals surface area contributed by atoms with Crippen molar-refractivity contribution in [1.82, 2.24) is 5.32 Å². The summed E-state index contributed by atoms with van der Waals surface area (Å²) in [6.07, 6.45) is 0. The molecular weight excluding hydrogens is 332 g/mol. The molecular formula is C16H27BrN2O2. The molecule has 0 aliphatic carbocycles. The van der Waals surface area contributed by atoms with Crippen LogP contribution in [0, 0.1) is 0 Å². The zero-order chi connectivity index (χ0) is 15.7. The number of hydrogen-bond donors (Lipinski definition) is 1. The van der Waals surface area contributed by atoms with Gasteiger partial charge in [0.2, 0.25) is 0 Å². The zero-order valence-electron chi connectivity index (χ0n) is 13.5. The summed E-state index contributed by atoms with van der Waals surface area (Å²) in [5, 5.41) is 3.40. The van der Waals surface area contributed by atoms with Crippen molar-refractivity contribution in [3.8, 4) is 0 Å². The monoisotopic (exact) mass is 358 g/mol. The molecule has 5 heteroatoms. The average molecular weight is 359 g/mol. The molecule has 0 saturated heterocycles. The maximum Gasteiger partial charge on any atom is 0.0663 e. The molecule has 0 bridgehead atoms. The number of anilines is 1. The Morgan fingerprint density at radius 2 is 2.05 bits per heavy atom. The number of halogens is 1. The lowest BCUT2D eigenvalue weighted by atomic mass is 10.1. The smallest absolute Gasteiger partial charge is 0.0663 e. The standard InChI is InChI=1S/C16H27BrN2O2/c1-5-18-11-14-6-7-15(17)10-16(14)19(8-9-20-3)13(2)12-21-4/h6-7,10,13,18H,5,8-9,11-12H2,1-4H3. The minimum Gasteiger partial charge on any atom is -0.383 e. The van der Waals surface area contributed by atoms with E-state index < -0.39 is 0 Å². The normalized spacial score (nSPS) is 12.4. The predicted octanol–water partition coefficient (Wildman–Crippen LogP) is 3.05. The molecule has 0 saturated carbocycles. The Morgan fingerprint density at radius 1 is 1.29 bits per heavy atom. The molecule has 1 atom stereocenters. The topological polar surface area (TPSA) is 33.7 Å². The van der Waals surface area contributed by atoms with Crippen LogP contribution in [0.5, 0.6) is 0 Å². The van der Waals surface area contributed by atoms with Crippen LogP contribution >= 0.6 is 15.9 Å². The molecule has 1 N–H and O–H groups in total. The summed E-state index contributed by atoms with van der Waals surface area (Å²) in [4.78, 5) is 2.35. The van der Waals surface area contributed by atoms with Gasteiger partial charge in [0.15, 0.2) is 0 Å². The summed E-state index contributed by atoms with van der Waals surface area (Å²) < 4.78 is 11.7. The fourth-order valence-electron chi connectivity index (χ4n) is 2.31. The van der Waals surface area contributed by atoms with E-state index in [1.807, 2.05) is 0 Å². The number of hydrogen-bond acceptors (Lipinski definition) is 4. The summed E-state index contributed by atoms with van der Waals surface area (Å²) >= 11 is 3.58. The van der Waals surface area contributed by atoms with Crippen LogP contribution < -0.4 is 10.2 Å². The van der Waals surface area contributed by atoms with Crippen LogP contribution in [-0.4, -0.2) is 46.6 Å². The molecule has 1 unspecified atom stereocenters. The molecule has 0 amide bonds. The highest BCUT2D eigenvalue weighted by molar-refractivity contribution is 9.10. The van der Waals surface area contributed by atoms with E-state index in [1.54, 1.807) is 14.2 Å². The maximum atomic E-state index is 5.33. The first-order valence-electron chi connectivity index (χ1n) is 7.37. The minimum atomic E-state index is 0.292. The Morgan fingerprint density at radius 3 is 2.67 bits per heavy atom. The molecule has 0 spiro atoms. The van der Waals surface area contributed by atoms with E-state index in [0.717, 1.165) is 24.1 Å². The van der Waals surface area contributed by atoms with Gasteiger partial charge in [-0.05, 0) is 31.2 Å². The molecule has 21 heavy (non-hydrogen) atoms. The van der Waals surface area contributed by atoms with E-state index in [1.165, 1.54) is 11.3 Å². The molecule has 0 heterocycles. The Balaban J connectivity index is 3.04. The average Bonchev–Trinajstić information content (AvgIpc) is 2.47. The van der Waals surface area contributed by atoms with Crippen molar-refractivity contribution >= 4 is 21.6 Å². The number of methoxy groups -OCH3 is 2. The Bertz CT molecular complexity index is 415. The van der Waals surface area contributed by atoms with Crippen LogP contribution in [0.15, 0.2) is 22.7 Å². The van der Waals surface area contributed by atoms with Crippen molar-refractivity contribution in [2.75, 3.05) is 45.4 Å². The SMILES string of the molecule is CCNCc1ccc(Br)cc1N(CCOC)C(C)COC. The third-order valence-corrected chi connectivity index (χ3v) is 3.89. The third kappa shape index (κ3) is 5.94. The van der Waals surface area contributed by atoms with Crippen molar-refractivity contribution in [2.45, 2.75) is 26.4 Å². The lowest BCUT2D eigenvalue weighted by Gasteiger charge is -2.32. The Hall–Kier alpha value is -0.620. The van der Waals surface area contributed by atoms with Gasteiger partial charge in [0, 0.05) is 43.5 Å². The van der Waals surface area contributed by atoms with E-state index in [4.69, 9.17) is 9.47 Å². The number of rotatable bonds is 10. The number of ether oxygens (including phenoxy) is 2. The molecule has 1 rings (SSSR count). The van der Waals surface area contributed by atoms with Gasteiger partial charge in [-0.3, -0.25) is 0 Å². The molecule has 0 aliphatic heterocycles. The molecule has 120 valence electrons. The maximum absolute atomic E-state index is 5.33. The second-order valence-corrected chi connectivity index (χ2v) is 5.96. The molecule has 1 aromatic carbocycles. The van der Waals surface area contributed by atoms with Crippen molar-refractivity contribution in [1.29, 1.82) is 0 Å². The van der Waals surface area contributed by atoms with Crippen LogP contribution in [0.2, 0.25) is 0 Å². The van der Waals surface area contributed by atoms with E-state index in [0.29, 0.717) is 19.3 Å². The number of nitrogens with zero attached hydrogens (tertiary/aromatic N) is 1. The van der Waals surface area contributed by atoms with Gasteiger partial charge in [-0.15, -0.1) is 0 Å². The van der Waals surface area contributed by atoms with E-state index in [2.05, 4.69) is 58.2 Å². The van der Waals surface area contributed by atoms with Gasteiger partial charge >= 0.3 is 0 Å². The lowest BCUT2D eigenvalue weighted by Crippen LogP contribution is -2.39. The molecule has 0 aliphatic rings. The Kier molecular flexibility index (Phi) is 8.92. The van der Waals surface area contributed by atoms with Gasteiger partial charge in [-0.25, -0.2) is 0 Å². The van der Waals surface area contributed by atoms with Crippen molar-refractivity contribution in [3.63, 3.8) is 0 Å². The second kappa shape index (κ2) is 10.2. The predicted molar refractivity (Wildman–Crippen MR) is 92.1 cm³/mol. The van der Waals surface area contributed by atoms with Gasteiger partial charge in [0.1, 0.15) is 0 Å². The first-order valence-corrected chi connectivity index (χ1v) is 8.17. The van der Waals surface area contributed by atoms with Crippen LogP contribution in [-0.2, 0) is 16.0 Å². The van der Waals surface area contributed by atoms with E-state index in [9.17, 15) is 0 Å². The van der Waals surface area contributed by atoms with Crippen molar-refractivity contribution < 1.29 is 9.47 Å². The molecule has 0 fully saturated rings. The summed E-state index contributed by atoms with van der Waals surface area (Å²) in [6, 6.07) is 6.72. The highest BCUT2D eigenvalue weighted by Gasteiger charge is 2.17. The van der Waals surface area contributed by atoms with Crippen molar-refractivity contribution in [3.05, 3.63) is 28.2 Å². The molecule has 1 aromatic rings. The Labute approximate surface area is 136 Å². The summed E-state index contributed by atoms with van der Waals surface area (Å²) in [7, 11) is 3.48. The van der Waals surface area contributed by atoms with Crippen LogP contribution in [0.25, 0.3) is 0 Å². The first kappa shape index (κ1) is 18.4. The van der Waals surface area contributed by atoms with Gasteiger partial charge < -0.3 is 19.7 Å². The molecule has 4 nitrogen and oxygen atoms in total. The van der Waals surface area contributed by atoms with Crippen molar-refractivity contribution in [2.24, 2.45) is 0 Å². The van der Waals surface area contributed by atoms with E-state index in [-0.39, 0.29) is 0 Å². The van der Waals surface area contributed by atoms with Gasteiger partial charge in [-0.2, -0.15) is 0 Å². The number of benzene rings is 1. The number of nitrogens with one attached hydrogen (secondary N) is 1. The van der Waals surface area contributed by atoms with Crippen LogP contribution in [0.1, 0.15) is 19.4 Å². The zero-order valence-corrected chi connectivity index (χ0v) is 15.1. The first-order chi connectivity index (χ1) is 10.1. The highest BCUT2D eigenvalue weighted by atomic mass is 79.9. The summed E-state index contributed by atoms with van der Waals surface area (Å²) in [5.41, 5.74) is 2.52. The highest BCUT2D eigenvalue weighted by Crippen LogP contribution is 2.27. The fourth-order valence-corrected chi connectivity index (χ4v) is 2.66. The largest absolute Gasteiger partial charge is 0.383 e.